The average Bonchev–Trinajstić information content (AvgIpc) is 2.46. The highest BCUT2D eigenvalue weighted by Crippen LogP contribution is 2.26. The zero-order valence-corrected chi connectivity index (χ0v) is 12.8. The highest BCUT2D eigenvalue weighted by Gasteiger charge is 2.23. The lowest BCUT2D eigenvalue weighted by Crippen LogP contribution is -2.37. The van der Waals surface area contributed by atoms with Crippen LogP contribution in [0.5, 0.6) is 0 Å². The van der Waals surface area contributed by atoms with Crippen LogP contribution in [0.25, 0.3) is 0 Å². The SMILES string of the molecule is O=S(=O)(NC[C@@H](O)C1CCCCC1)c1cccc(Cl)c1. The van der Waals surface area contributed by atoms with Crippen LogP contribution in [0.15, 0.2) is 29.2 Å². The monoisotopic (exact) mass is 317 g/mol. The molecule has 0 bridgehead atoms. The molecule has 2 N–H and O–H groups in total. The Bertz CT molecular complexity index is 541. The van der Waals surface area contributed by atoms with E-state index in [1.54, 1.807) is 12.1 Å². The Hall–Kier alpha value is -0.620. The highest BCUT2D eigenvalue weighted by molar-refractivity contribution is 7.89. The van der Waals surface area contributed by atoms with Gasteiger partial charge in [-0.2, -0.15) is 0 Å². The first-order valence-electron chi connectivity index (χ1n) is 6.92. The van der Waals surface area contributed by atoms with E-state index >= 15 is 0 Å². The van der Waals surface area contributed by atoms with E-state index in [1.165, 1.54) is 18.6 Å². The van der Waals surface area contributed by atoms with Crippen LogP contribution in [0.1, 0.15) is 32.1 Å². The lowest BCUT2D eigenvalue weighted by atomic mass is 9.85. The molecule has 4 nitrogen and oxygen atoms in total. The van der Waals surface area contributed by atoms with E-state index in [0.717, 1.165) is 25.7 Å². The molecule has 112 valence electrons. The van der Waals surface area contributed by atoms with Crippen LogP contribution in [0.2, 0.25) is 5.02 Å². The van der Waals surface area contributed by atoms with Crippen molar-refractivity contribution in [2.45, 2.75) is 43.1 Å². The van der Waals surface area contributed by atoms with Crippen LogP contribution < -0.4 is 4.72 Å². The summed E-state index contributed by atoms with van der Waals surface area (Å²) in [6.45, 7) is 0.0551. The van der Waals surface area contributed by atoms with Gasteiger partial charge >= 0.3 is 0 Å². The van der Waals surface area contributed by atoms with E-state index in [2.05, 4.69) is 4.72 Å². The molecule has 1 aromatic rings. The van der Waals surface area contributed by atoms with Crippen LogP contribution in [-0.4, -0.2) is 26.2 Å². The van der Waals surface area contributed by atoms with Gasteiger partial charge in [-0.1, -0.05) is 36.9 Å². The third-order valence-electron chi connectivity index (χ3n) is 3.78. The summed E-state index contributed by atoms with van der Waals surface area (Å²) in [6.07, 6.45) is 4.76. The maximum Gasteiger partial charge on any atom is 0.240 e. The number of sulfonamides is 1. The molecule has 1 fully saturated rings. The molecule has 1 atom stereocenters. The molecule has 0 heterocycles. The van der Waals surface area contributed by atoms with Gasteiger partial charge < -0.3 is 5.11 Å². The normalized spacial score (nSPS) is 18.9. The summed E-state index contributed by atoms with van der Waals surface area (Å²) >= 11 is 5.79. The number of aliphatic hydroxyl groups excluding tert-OH is 1. The third kappa shape index (κ3) is 4.19. The van der Waals surface area contributed by atoms with E-state index in [4.69, 9.17) is 11.6 Å². The molecule has 20 heavy (non-hydrogen) atoms. The minimum Gasteiger partial charge on any atom is -0.391 e. The predicted molar refractivity (Wildman–Crippen MR) is 79.2 cm³/mol. The van der Waals surface area contributed by atoms with Gasteiger partial charge in [-0.25, -0.2) is 13.1 Å². The zero-order valence-electron chi connectivity index (χ0n) is 11.3. The van der Waals surface area contributed by atoms with Crippen molar-refractivity contribution in [2.75, 3.05) is 6.54 Å². The van der Waals surface area contributed by atoms with E-state index in [-0.39, 0.29) is 17.4 Å². The second-order valence-electron chi connectivity index (χ2n) is 5.27. The van der Waals surface area contributed by atoms with Gasteiger partial charge in [0.05, 0.1) is 11.0 Å². The van der Waals surface area contributed by atoms with Gasteiger partial charge in [0, 0.05) is 11.6 Å². The number of benzene rings is 1. The first-order chi connectivity index (χ1) is 9.49. The van der Waals surface area contributed by atoms with Crippen molar-refractivity contribution < 1.29 is 13.5 Å². The highest BCUT2D eigenvalue weighted by atomic mass is 35.5. The van der Waals surface area contributed by atoms with Crippen molar-refractivity contribution in [3.05, 3.63) is 29.3 Å². The molecule has 1 saturated carbocycles. The second-order valence-corrected chi connectivity index (χ2v) is 7.48. The van der Waals surface area contributed by atoms with Gasteiger partial charge in [-0.15, -0.1) is 0 Å². The fourth-order valence-corrected chi connectivity index (χ4v) is 3.95. The molecule has 0 amide bonds. The summed E-state index contributed by atoms with van der Waals surface area (Å²) in [5.74, 6) is 0.200. The van der Waals surface area contributed by atoms with E-state index in [1.807, 2.05) is 0 Å². The van der Waals surface area contributed by atoms with Crippen LogP contribution >= 0.6 is 11.6 Å². The number of hydrogen-bond acceptors (Lipinski definition) is 3. The van der Waals surface area contributed by atoms with E-state index in [0.29, 0.717) is 5.02 Å². The molecule has 0 aliphatic heterocycles. The number of halogens is 1. The van der Waals surface area contributed by atoms with Crippen molar-refractivity contribution >= 4 is 21.6 Å². The fourth-order valence-electron chi connectivity index (χ4n) is 2.60. The largest absolute Gasteiger partial charge is 0.391 e. The predicted octanol–water partition coefficient (Wildman–Crippen LogP) is 2.56. The average molecular weight is 318 g/mol. The molecule has 6 heteroatoms. The summed E-state index contributed by atoms with van der Waals surface area (Å²) in [7, 11) is -3.61. The Labute approximate surface area is 125 Å². The van der Waals surface area contributed by atoms with Gasteiger partial charge in [0.2, 0.25) is 10.0 Å². The first kappa shape index (κ1) is 15.8. The Kier molecular flexibility index (Phi) is 5.43. The fraction of sp³-hybridized carbons (Fsp3) is 0.571. The molecule has 2 rings (SSSR count). The molecular weight excluding hydrogens is 298 g/mol. The summed E-state index contributed by atoms with van der Waals surface area (Å²) in [5.41, 5.74) is 0. The minimum absolute atomic E-state index is 0.0551. The minimum atomic E-state index is -3.61. The summed E-state index contributed by atoms with van der Waals surface area (Å²) < 4.78 is 26.6. The van der Waals surface area contributed by atoms with Crippen LogP contribution in [0.3, 0.4) is 0 Å². The maximum atomic E-state index is 12.1. The van der Waals surface area contributed by atoms with Gasteiger partial charge in [-0.05, 0) is 37.0 Å². The van der Waals surface area contributed by atoms with E-state index < -0.39 is 16.1 Å². The molecule has 0 spiro atoms. The van der Waals surface area contributed by atoms with E-state index in [9.17, 15) is 13.5 Å². The molecular formula is C14H20ClNO3S. The lowest BCUT2D eigenvalue weighted by molar-refractivity contribution is 0.0888. The molecule has 0 radical (unpaired) electrons. The zero-order chi connectivity index (χ0) is 14.6. The van der Waals surface area contributed by atoms with Gasteiger partial charge in [-0.3, -0.25) is 0 Å². The quantitative estimate of drug-likeness (QED) is 0.877. The van der Waals surface area contributed by atoms with Crippen LogP contribution in [-0.2, 0) is 10.0 Å². The van der Waals surface area contributed by atoms with Gasteiger partial charge in [0.1, 0.15) is 0 Å². The van der Waals surface area contributed by atoms with Crippen LogP contribution in [0, 0.1) is 5.92 Å². The van der Waals surface area contributed by atoms with Gasteiger partial charge in [0.25, 0.3) is 0 Å². The molecule has 0 aromatic heterocycles. The third-order valence-corrected chi connectivity index (χ3v) is 5.44. The molecule has 0 unspecified atom stereocenters. The summed E-state index contributed by atoms with van der Waals surface area (Å²) in [4.78, 5) is 0.126. The molecule has 1 aliphatic rings. The van der Waals surface area contributed by atoms with Crippen LogP contribution in [0.4, 0.5) is 0 Å². The number of aliphatic hydroxyl groups is 1. The number of nitrogens with one attached hydrogen (secondary N) is 1. The second kappa shape index (κ2) is 6.89. The van der Waals surface area contributed by atoms with Gasteiger partial charge in [0.15, 0.2) is 0 Å². The Morgan fingerprint density at radius 2 is 2.00 bits per heavy atom. The van der Waals surface area contributed by atoms with Crippen molar-refractivity contribution in [2.24, 2.45) is 5.92 Å². The van der Waals surface area contributed by atoms with Crippen molar-refractivity contribution in [3.63, 3.8) is 0 Å². The molecule has 0 saturated heterocycles. The molecule has 1 aliphatic carbocycles. The molecule has 1 aromatic carbocycles. The topological polar surface area (TPSA) is 66.4 Å². The first-order valence-corrected chi connectivity index (χ1v) is 8.78. The maximum absolute atomic E-state index is 12.1. The smallest absolute Gasteiger partial charge is 0.240 e. The number of hydrogen-bond donors (Lipinski definition) is 2. The standard InChI is InChI=1S/C14H20ClNO3S/c15-12-7-4-8-13(9-12)20(18,19)16-10-14(17)11-5-2-1-3-6-11/h4,7-9,11,14,16-17H,1-3,5-6,10H2/t14-/m1/s1. The van der Waals surface area contributed by atoms with Crippen molar-refractivity contribution in [1.82, 2.24) is 4.72 Å². The Morgan fingerprint density at radius 3 is 2.65 bits per heavy atom. The summed E-state index contributed by atoms with van der Waals surface area (Å²) in [5, 5.41) is 10.5. The number of rotatable bonds is 5. The summed E-state index contributed by atoms with van der Waals surface area (Å²) in [6, 6.07) is 6.10. The Morgan fingerprint density at radius 1 is 1.30 bits per heavy atom. The van der Waals surface area contributed by atoms with Crippen molar-refractivity contribution in [1.29, 1.82) is 0 Å². The van der Waals surface area contributed by atoms with Crippen molar-refractivity contribution in [3.8, 4) is 0 Å². The Balaban J connectivity index is 1.95. The lowest BCUT2D eigenvalue weighted by Gasteiger charge is -2.26.